The van der Waals surface area contributed by atoms with Gasteiger partial charge >= 0.3 is 0 Å². The van der Waals surface area contributed by atoms with Crippen LogP contribution in [0.1, 0.15) is 20.3 Å². The highest BCUT2D eigenvalue weighted by Crippen LogP contribution is 2.21. The molecule has 1 fully saturated rings. The summed E-state index contributed by atoms with van der Waals surface area (Å²) in [4.78, 5) is 13.8. The Morgan fingerprint density at radius 1 is 1.43 bits per heavy atom. The van der Waals surface area contributed by atoms with Gasteiger partial charge in [0.25, 0.3) is 0 Å². The average Bonchev–Trinajstić information content (AvgIpc) is 2.44. The molecule has 0 bridgehead atoms. The van der Waals surface area contributed by atoms with Crippen LogP contribution in [0.25, 0.3) is 0 Å². The lowest BCUT2D eigenvalue weighted by Crippen LogP contribution is -2.43. The van der Waals surface area contributed by atoms with Gasteiger partial charge in [0.15, 0.2) is 0 Å². The van der Waals surface area contributed by atoms with Crippen molar-refractivity contribution in [1.29, 1.82) is 0 Å². The zero-order valence-corrected chi connectivity index (χ0v) is 9.64. The second kappa shape index (κ2) is 4.99. The van der Waals surface area contributed by atoms with Gasteiger partial charge in [0.05, 0.1) is 12.0 Å². The maximum Gasteiger partial charge on any atom is 0.229 e. The molecule has 0 saturated carbocycles. The van der Waals surface area contributed by atoms with E-state index in [1.165, 1.54) is 0 Å². The number of carbonyl (C=O) groups excluding carboxylic acids is 1. The molecule has 1 rings (SSSR count). The molecule has 0 N–H and O–H groups in total. The fourth-order valence-electron chi connectivity index (χ4n) is 1.43. The van der Waals surface area contributed by atoms with Gasteiger partial charge in [-0.15, -0.1) is 11.6 Å². The van der Waals surface area contributed by atoms with Gasteiger partial charge in [-0.2, -0.15) is 0 Å². The van der Waals surface area contributed by atoms with Crippen LogP contribution >= 0.6 is 11.6 Å². The second-order valence-corrected chi connectivity index (χ2v) is 4.54. The van der Waals surface area contributed by atoms with E-state index in [1.807, 2.05) is 18.7 Å². The van der Waals surface area contributed by atoms with Crippen molar-refractivity contribution in [1.82, 2.24) is 4.90 Å². The molecule has 0 spiro atoms. The Bertz CT molecular complexity index is 198. The fourth-order valence-corrected chi connectivity index (χ4v) is 1.55. The van der Waals surface area contributed by atoms with E-state index in [1.54, 1.807) is 0 Å². The van der Waals surface area contributed by atoms with Crippen LogP contribution in [0.15, 0.2) is 0 Å². The molecule has 1 aliphatic heterocycles. The number of amides is 1. The van der Waals surface area contributed by atoms with E-state index < -0.39 is 5.41 Å². The van der Waals surface area contributed by atoms with Gasteiger partial charge in [-0.25, -0.2) is 0 Å². The molecule has 0 aromatic rings. The van der Waals surface area contributed by atoms with Crippen molar-refractivity contribution < 1.29 is 9.53 Å². The highest BCUT2D eigenvalue weighted by atomic mass is 35.5. The molecular weight excluding hydrogens is 202 g/mol. The van der Waals surface area contributed by atoms with Crippen LogP contribution in [0.3, 0.4) is 0 Å². The molecule has 0 atom stereocenters. The smallest absolute Gasteiger partial charge is 0.229 e. The summed E-state index contributed by atoms with van der Waals surface area (Å²) in [5, 5.41) is 0. The van der Waals surface area contributed by atoms with Crippen LogP contribution in [0, 0.1) is 5.41 Å². The minimum atomic E-state index is -0.452. The van der Waals surface area contributed by atoms with Crippen LogP contribution in [-0.2, 0) is 9.53 Å². The third kappa shape index (κ3) is 2.85. The Kier molecular flexibility index (Phi) is 4.20. The Morgan fingerprint density at radius 3 is 2.79 bits per heavy atom. The Morgan fingerprint density at radius 2 is 2.14 bits per heavy atom. The first-order chi connectivity index (χ1) is 6.58. The molecule has 0 aliphatic carbocycles. The maximum atomic E-state index is 12.0. The Balaban J connectivity index is 2.58. The number of halogens is 1. The molecular formula is C10H18ClNO2. The number of hydrogen-bond acceptors (Lipinski definition) is 2. The highest BCUT2D eigenvalue weighted by molar-refractivity contribution is 6.19. The van der Waals surface area contributed by atoms with Crippen LogP contribution in [0.2, 0.25) is 0 Å². The first-order valence-electron chi connectivity index (χ1n) is 5.01. The minimum absolute atomic E-state index is 0.137. The normalized spacial score (nSPS) is 19.2. The Labute approximate surface area is 90.4 Å². The van der Waals surface area contributed by atoms with Crippen molar-refractivity contribution in [3.05, 3.63) is 0 Å². The first-order valence-corrected chi connectivity index (χ1v) is 5.54. The van der Waals surface area contributed by atoms with Crippen molar-refractivity contribution in [3.63, 3.8) is 0 Å². The lowest BCUT2D eigenvalue weighted by molar-refractivity contribution is -0.139. The summed E-state index contributed by atoms with van der Waals surface area (Å²) in [5.74, 6) is 0.501. The minimum Gasteiger partial charge on any atom is -0.380 e. The number of nitrogens with zero attached hydrogens (tertiary/aromatic N) is 1. The van der Waals surface area contributed by atoms with Crippen LogP contribution in [0.4, 0.5) is 0 Å². The number of rotatable bonds is 2. The van der Waals surface area contributed by atoms with E-state index in [9.17, 15) is 4.79 Å². The van der Waals surface area contributed by atoms with E-state index >= 15 is 0 Å². The summed E-state index contributed by atoms with van der Waals surface area (Å²) in [6, 6.07) is 0. The molecule has 0 unspecified atom stereocenters. The van der Waals surface area contributed by atoms with Crippen LogP contribution < -0.4 is 0 Å². The summed E-state index contributed by atoms with van der Waals surface area (Å²) in [7, 11) is 0. The van der Waals surface area contributed by atoms with Gasteiger partial charge < -0.3 is 9.64 Å². The molecule has 4 heteroatoms. The lowest BCUT2D eigenvalue weighted by Gasteiger charge is -2.29. The zero-order valence-electron chi connectivity index (χ0n) is 8.88. The molecule has 82 valence electrons. The zero-order chi connectivity index (χ0) is 10.6. The quantitative estimate of drug-likeness (QED) is 0.659. The molecule has 0 aromatic carbocycles. The highest BCUT2D eigenvalue weighted by Gasteiger charge is 2.31. The fraction of sp³-hybridized carbons (Fsp3) is 0.900. The van der Waals surface area contributed by atoms with Crippen molar-refractivity contribution >= 4 is 17.5 Å². The molecule has 14 heavy (non-hydrogen) atoms. The molecule has 0 radical (unpaired) electrons. The van der Waals surface area contributed by atoms with Gasteiger partial charge in [-0.1, -0.05) is 0 Å². The summed E-state index contributed by atoms with van der Waals surface area (Å²) in [6.07, 6.45) is 0.921. The van der Waals surface area contributed by atoms with Gasteiger partial charge in [0.2, 0.25) is 5.91 Å². The average molecular weight is 220 g/mol. The number of alkyl halides is 1. The van der Waals surface area contributed by atoms with Crippen molar-refractivity contribution in [3.8, 4) is 0 Å². The number of carbonyl (C=O) groups is 1. The maximum absolute atomic E-state index is 12.0. The van der Waals surface area contributed by atoms with Crippen LogP contribution in [-0.4, -0.2) is 43.0 Å². The predicted molar refractivity (Wildman–Crippen MR) is 56.5 cm³/mol. The summed E-state index contributed by atoms with van der Waals surface area (Å²) in [5.41, 5.74) is -0.452. The predicted octanol–water partition coefficient (Wildman–Crippen LogP) is 1.50. The van der Waals surface area contributed by atoms with Gasteiger partial charge in [-0.05, 0) is 20.3 Å². The molecule has 1 aliphatic rings. The van der Waals surface area contributed by atoms with Gasteiger partial charge in [0.1, 0.15) is 0 Å². The van der Waals surface area contributed by atoms with Gasteiger partial charge in [-0.3, -0.25) is 4.79 Å². The van der Waals surface area contributed by atoms with E-state index in [-0.39, 0.29) is 5.91 Å². The number of hydrogen-bond donors (Lipinski definition) is 0. The largest absolute Gasteiger partial charge is 0.380 e. The van der Waals surface area contributed by atoms with E-state index in [4.69, 9.17) is 16.3 Å². The summed E-state index contributed by atoms with van der Waals surface area (Å²) in [6.45, 7) is 6.65. The standard InChI is InChI=1S/C10H18ClNO2/c1-10(2,8-11)9(13)12-4-3-6-14-7-5-12/h3-8H2,1-2H3. The van der Waals surface area contributed by atoms with Crippen molar-refractivity contribution in [2.45, 2.75) is 20.3 Å². The topological polar surface area (TPSA) is 29.5 Å². The molecule has 1 heterocycles. The summed E-state index contributed by atoms with van der Waals surface area (Å²) >= 11 is 5.77. The molecule has 0 aromatic heterocycles. The SMILES string of the molecule is CC(C)(CCl)C(=O)N1CCCOCC1. The van der Waals surface area contributed by atoms with Crippen LogP contribution in [0.5, 0.6) is 0 Å². The molecule has 1 saturated heterocycles. The van der Waals surface area contributed by atoms with E-state index in [0.29, 0.717) is 19.0 Å². The monoisotopic (exact) mass is 219 g/mol. The number of ether oxygens (including phenoxy) is 1. The molecule has 1 amide bonds. The third-order valence-corrected chi connectivity index (χ3v) is 3.09. The lowest BCUT2D eigenvalue weighted by atomic mass is 9.94. The summed E-state index contributed by atoms with van der Waals surface area (Å²) < 4.78 is 5.29. The second-order valence-electron chi connectivity index (χ2n) is 4.28. The first kappa shape index (κ1) is 11.8. The Hall–Kier alpha value is -0.280. The van der Waals surface area contributed by atoms with E-state index in [2.05, 4.69) is 0 Å². The molecule has 3 nitrogen and oxygen atoms in total. The van der Waals surface area contributed by atoms with Crippen molar-refractivity contribution in [2.75, 3.05) is 32.2 Å². The third-order valence-electron chi connectivity index (χ3n) is 2.42. The van der Waals surface area contributed by atoms with Gasteiger partial charge in [0, 0.05) is 25.6 Å². The van der Waals surface area contributed by atoms with Crippen molar-refractivity contribution in [2.24, 2.45) is 5.41 Å². The van der Waals surface area contributed by atoms with E-state index in [0.717, 1.165) is 19.6 Å².